The number of aromatic hydroxyl groups is 1. The van der Waals surface area contributed by atoms with Crippen LogP contribution >= 0.6 is 11.6 Å². The normalized spacial score (nSPS) is 13.7. The smallest absolute Gasteiger partial charge is 0.246 e. The molecule has 0 aliphatic carbocycles. The number of halogens is 2. The topological polar surface area (TPSA) is 102 Å². The number of hydrogen-bond acceptors (Lipinski definition) is 7. The third-order valence-corrected chi connectivity index (χ3v) is 7.60. The first-order valence-electron chi connectivity index (χ1n) is 13.7. The molecule has 0 spiro atoms. The van der Waals surface area contributed by atoms with E-state index in [1.807, 2.05) is 29.2 Å². The summed E-state index contributed by atoms with van der Waals surface area (Å²) < 4.78 is 16.6. The number of piperazine rings is 1. The first-order chi connectivity index (χ1) is 20.2. The van der Waals surface area contributed by atoms with Crippen LogP contribution in [0.2, 0.25) is 5.02 Å². The number of carbonyl (C=O) groups is 2. The van der Waals surface area contributed by atoms with Gasteiger partial charge in [-0.3, -0.25) is 9.59 Å². The van der Waals surface area contributed by atoms with Crippen molar-refractivity contribution in [3.05, 3.63) is 65.5 Å². The molecule has 0 saturated carbocycles. The molecule has 2 N–H and O–H groups in total. The van der Waals surface area contributed by atoms with Gasteiger partial charge < -0.3 is 25.1 Å². The second-order valence-electron chi connectivity index (χ2n) is 10.3. The number of anilines is 2. The van der Waals surface area contributed by atoms with Gasteiger partial charge in [-0.25, -0.2) is 9.37 Å². The molecular weight excluding hydrogens is 559 g/mol. The number of nitrogens with zero attached hydrogens (tertiary/aromatic N) is 5. The van der Waals surface area contributed by atoms with Crippen LogP contribution in [0, 0.1) is 5.82 Å². The predicted molar refractivity (Wildman–Crippen MR) is 165 cm³/mol. The van der Waals surface area contributed by atoms with Gasteiger partial charge in [0.05, 0.1) is 5.02 Å². The second-order valence-corrected chi connectivity index (χ2v) is 10.7. The van der Waals surface area contributed by atoms with Gasteiger partial charge >= 0.3 is 0 Å². The average Bonchev–Trinajstić information content (AvgIpc) is 2.97. The minimum absolute atomic E-state index is 0.0131. The quantitative estimate of drug-likeness (QED) is 0.290. The van der Waals surface area contributed by atoms with E-state index in [4.69, 9.17) is 16.6 Å². The van der Waals surface area contributed by atoms with Gasteiger partial charge in [0.25, 0.3) is 0 Å². The van der Waals surface area contributed by atoms with E-state index >= 15 is 4.39 Å². The second kappa shape index (κ2) is 12.2. The molecule has 4 aromatic rings. The van der Waals surface area contributed by atoms with Crippen molar-refractivity contribution < 1.29 is 19.1 Å². The molecule has 2 amide bonds. The van der Waals surface area contributed by atoms with E-state index in [0.29, 0.717) is 42.9 Å². The molecule has 9 nitrogen and oxygen atoms in total. The first kappa shape index (κ1) is 29.1. The fraction of sp³-hybridized carbons (Fsp3) is 0.290. The summed E-state index contributed by atoms with van der Waals surface area (Å²) in [6.07, 6.45) is 3.46. The van der Waals surface area contributed by atoms with Gasteiger partial charge in [0, 0.05) is 64.2 Å². The predicted octanol–water partition coefficient (Wildman–Crippen LogP) is 5.06. The number of hydrogen-bond donors (Lipinski definition) is 2. The summed E-state index contributed by atoms with van der Waals surface area (Å²) >= 11 is 6.78. The maximum absolute atomic E-state index is 16.6. The molecule has 1 aliphatic heterocycles. The Morgan fingerprint density at radius 1 is 1.10 bits per heavy atom. The molecule has 5 rings (SSSR count). The lowest BCUT2D eigenvalue weighted by atomic mass is 9.96. The third kappa shape index (κ3) is 5.80. The first-order valence-corrected chi connectivity index (χ1v) is 14.1. The van der Waals surface area contributed by atoms with Crippen LogP contribution < -0.4 is 10.2 Å². The maximum atomic E-state index is 16.6. The highest BCUT2D eigenvalue weighted by Gasteiger charge is 2.26. The van der Waals surface area contributed by atoms with Crippen LogP contribution in [-0.2, 0) is 9.59 Å². The largest absolute Gasteiger partial charge is 0.508 e. The zero-order valence-corrected chi connectivity index (χ0v) is 24.5. The van der Waals surface area contributed by atoms with Gasteiger partial charge in [-0.05, 0) is 47.5 Å². The summed E-state index contributed by atoms with van der Waals surface area (Å²) in [6.45, 7) is 3.95. The number of rotatable bonds is 7. The van der Waals surface area contributed by atoms with E-state index in [1.54, 1.807) is 44.1 Å². The molecule has 1 aliphatic rings. The van der Waals surface area contributed by atoms with E-state index in [1.165, 1.54) is 17.0 Å². The van der Waals surface area contributed by atoms with Crippen LogP contribution in [0.4, 0.5) is 16.2 Å². The summed E-state index contributed by atoms with van der Waals surface area (Å²) in [6, 6.07) is 12.1. The Hall–Kier alpha value is -4.44. The lowest BCUT2D eigenvalue weighted by Crippen LogP contribution is -2.48. The summed E-state index contributed by atoms with van der Waals surface area (Å²) in [5.74, 6) is -0.139. The zero-order valence-electron chi connectivity index (χ0n) is 23.7. The monoisotopic (exact) mass is 590 g/mol. The van der Waals surface area contributed by atoms with Crippen molar-refractivity contribution in [3.8, 4) is 16.9 Å². The fourth-order valence-corrected chi connectivity index (χ4v) is 5.43. The van der Waals surface area contributed by atoms with Gasteiger partial charge in [0.15, 0.2) is 5.82 Å². The van der Waals surface area contributed by atoms with E-state index in [9.17, 15) is 14.7 Å². The molecule has 0 unspecified atom stereocenters. The highest BCUT2D eigenvalue weighted by molar-refractivity contribution is 6.35. The standard InChI is InChI=1S/C31H32ClFN6O3/c1-4-7-26(42)38-12-14-39(15-13-38)30-23-18-24(32)27(22-17-20(40)16-19-8-5-6-9-21(19)22)28(33)29(23)35-31(36-30)34-11-10-25(41)37(2)3/h4-9,16-18,40H,10-15H2,1-3H3,(H,34,35,36)/b7-4+. The number of nitrogens with one attached hydrogen (secondary N) is 1. The van der Waals surface area contributed by atoms with Crippen molar-refractivity contribution in [1.29, 1.82) is 0 Å². The van der Waals surface area contributed by atoms with E-state index in [0.717, 1.165) is 10.8 Å². The van der Waals surface area contributed by atoms with Crippen molar-refractivity contribution in [2.45, 2.75) is 13.3 Å². The van der Waals surface area contributed by atoms with Crippen LogP contribution in [0.1, 0.15) is 13.3 Å². The summed E-state index contributed by atoms with van der Waals surface area (Å²) in [4.78, 5) is 39.0. The highest BCUT2D eigenvalue weighted by atomic mass is 35.5. The minimum Gasteiger partial charge on any atom is -0.508 e. The van der Waals surface area contributed by atoms with Crippen LogP contribution in [-0.4, -0.2) is 83.5 Å². The highest BCUT2D eigenvalue weighted by Crippen LogP contribution is 2.42. The number of phenolic OH excluding ortho intramolecular Hbond substituents is 1. The van der Waals surface area contributed by atoms with Crippen LogP contribution in [0.5, 0.6) is 5.75 Å². The van der Waals surface area contributed by atoms with Crippen molar-refractivity contribution in [3.63, 3.8) is 0 Å². The Balaban J connectivity index is 1.61. The number of allylic oxidation sites excluding steroid dienone is 1. The Morgan fingerprint density at radius 2 is 1.83 bits per heavy atom. The molecular formula is C31H32ClFN6O3. The van der Waals surface area contributed by atoms with Crippen molar-refractivity contribution in [1.82, 2.24) is 19.8 Å². The zero-order chi connectivity index (χ0) is 30.0. The Labute approximate surface area is 248 Å². The van der Waals surface area contributed by atoms with Crippen molar-refractivity contribution >= 4 is 56.9 Å². The lowest BCUT2D eigenvalue weighted by Gasteiger charge is -2.35. The van der Waals surface area contributed by atoms with Crippen LogP contribution in [0.15, 0.2) is 54.6 Å². The Kier molecular flexibility index (Phi) is 8.44. The van der Waals surface area contributed by atoms with Crippen molar-refractivity contribution in [2.24, 2.45) is 0 Å². The molecule has 1 fully saturated rings. The average molecular weight is 591 g/mol. The summed E-state index contributed by atoms with van der Waals surface area (Å²) in [7, 11) is 3.36. The molecule has 0 radical (unpaired) electrons. The van der Waals surface area contributed by atoms with Crippen LogP contribution in [0.25, 0.3) is 32.8 Å². The maximum Gasteiger partial charge on any atom is 0.246 e. The summed E-state index contributed by atoms with van der Waals surface area (Å²) in [5.41, 5.74) is 0.620. The van der Waals surface area contributed by atoms with E-state index in [2.05, 4.69) is 10.3 Å². The fourth-order valence-electron chi connectivity index (χ4n) is 5.14. The molecule has 3 aromatic carbocycles. The van der Waals surface area contributed by atoms with Crippen LogP contribution in [0.3, 0.4) is 0 Å². The molecule has 0 bridgehead atoms. The minimum atomic E-state index is -0.647. The molecule has 42 heavy (non-hydrogen) atoms. The number of carbonyl (C=O) groups excluding carboxylic acids is 2. The van der Waals surface area contributed by atoms with E-state index < -0.39 is 5.82 Å². The molecule has 2 heterocycles. The SMILES string of the molecule is C/C=C/C(=O)N1CCN(c2nc(NCCC(=O)N(C)C)nc3c(F)c(-c4cc(O)cc5ccccc45)c(Cl)cc23)CC1. The third-order valence-electron chi connectivity index (χ3n) is 7.30. The number of benzene rings is 3. The molecule has 1 saturated heterocycles. The number of amides is 2. The van der Waals surface area contributed by atoms with Gasteiger partial charge in [-0.15, -0.1) is 0 Å². The lowest BCUT2D eigenvalue weighted by molar-refractivity contribution is -0.128. The number of phenols is 1. The number of fused-ring (bicyclic) bond motifs is 2. The van der Waals surface area contributed by atoms with Gasteiger partial charge in [0.1, 0.15) is 17.1 Å². The molecule has 11 heteroatoms. The van der Waals surface area contributed by atoms with Gasteiger partial charge in [-0.1, -0.05) is 41.9 Å². The van der Waals surface area contributed by atoms with Gasteiger partial charge in [-0.2, -0.15) is 4.98 Å². The van der Waals surface area contributed by atoms with E-state index in [-0.39, 0.29) is 52.6 Å². The molecule has 218 valence electrons. The van der Waals surface area contributed by atoms with Gasteiger partial charge in [0.2, 0.25) is 17.8 Å². The number of aromatic nitrogens is 2. The molecule has 1 aromatic heterocycles. The Bertz CT molecular complexity index is 1700. The summed E-state index contributed by atoms with van der Waals surface area (Å²) in [5, 5.41) is 15.6. The Morgan fingerprint density at radius 3 is 2.55 bits per heavy atom. The molecule has 0 atom stereocenters. The van der Waals surface area contributed by atoms with Crippen molar-refractivity contribution in [2.75, 3.05) is 57.0 Å².